The molecule has 0 atom stereocenters. The standard InChI is InChI=1S/C17H18N4O2/c1-12-10-18-21-11-15(19-17(22)16(12)21)13-2-4-14(5-3-13)20-6-8-23-9-7-20/h2-5,10-11H,6-9H2,1H3,(H,19,22). The highest BCUT2D eigenvalue weighted by Crippen LogP contribution is 2.22. The first-order valence-electron chi connectivity index (χ1n) is 7.73. The fourth-order valence-electron chi connectivity index (χ4n) is 2.99. The molecule has 0 bridgehead atoms. The Morgan fingerprint density at radius 2 is 1.91 bits per heavy atom. The summed E-state index contributed by atoms with van der Waals surface area (Å²) in [6, 6.07) is 8.21. The summed E-state index contributed by atoms with van der Waals surface area (Å²) >= 11 is 0. The molecule has 6 nitrogen and oxygen atoms in total. The first-order chi connectivity index (χ1) is 11.2. The minimum atomic E-state index is -0.116. The molecule has 23 heavy (non-hydrogen) atoms. The van der Waals surface area contributed by atoms with E-state index >= 15 is 0 Å². The molecule has 0 aliphatic carbocycles. The van der Waals surface area contributed by atoms with Gasteiger partial charge in [0, 0.05) is 24.3 Å². The SMILES string of the molecule is Cc1cnn2cc(-c3ccc(N4CCOCC4)cc3)[nH]c(=O)c12. The Morgan fingerprint density at radius 1 is 1.17 bits per heavy atom. The van der Waals surface area contributed by atoms with Gasteiger partial charge in [-0.3, -0.25) is 4.79 Å². The smallest absolute Gasteiger partial charge is 0.274 e. The van der Waals surface area contributed by atoms with Gasteiger partial charge in [-0.2, -0.15) is 5.10 Å². The van der Waals surface area contributed by atoms with Crippen LogP contribution in [0.25, 0.3) is 16.8 Å². The lowest BCUT2D eigenvalue weighted by Crippen LogP contribution is -2.36. The van der Waals surface area contributed by atoms with Crippen LogP contribution in [0.5, 0.6) is 0 Å². The molecule has 0 radical (unpaired) electrons. The average molecular weight is 310 g/mol. The molecule has 1 aromatic carbocycles. The Hall–Kier alpha value is -2.60. The molecule has 1 N–H and O–H groups in total. The minimum Gasteiger partial charge on any atom is -0.378 e. The monoisotopic (exact) mass is 310 g/mol. The number of aromatic nitrogens is 3. The van der Waals surface area contributed by atoms with Crippen LogP contribution in [0.4, 0.5) is 5.69 Å². The lowest BCUT2D eigenvalue weighted by Gasteiger charge is -2.28. The average Bonchev–Trinajstić information content (AvgIpc) is 2.97. The molecule has 0 unspecified atom stereocenters. The van der Waals surface area contributed by atoms with Gasteiger partial charge in [0.1, 0.15) is 5.52 Å². The summed E-state index contributed by atoms with van der Waals surface area (Å²) in [7, 11) is 0. The van der Waals surface area contributed by atoms with Crippen LogP contribution in [-0.4, -0.2) is 40.9 Å². The van der Waals surface area contributed by atoms with Crippen molar-refractivity contribution in [3.05, 3.63) is 52.6 Å². The summed E-state index contributed by atoms with van der Waals surface area (Å²) in [4.78, 5) is 17.5. The molecule has 1 fully saturated rings. The van der Waals surface area contributed by atoms with Crippen molar-refractivity contribution in [2.75, 3.05) is 31.2 Å². The number of aromatic amines is 1. The highest BCUT2D eigenvalue weighted by atomic mass is 16.5. The molecular weight excluding hydrogens is 292 g/mol. The molecular formula is C17H18N4O2. The molecule has 0 amide bonds. The minimum absolute atomic E-state index is 0.116. The van der Waals surface area contributed by atoms with E-state index in [4.69, 9.17) is 4.74 Å². The van der Waals surface area contributed by atoms with E-state index in [0.29, 0.717) is 5.52 Å². The number of hydrogen-bond donors (Lipinski definition) is 1. The van der Waals surface area contributed by atoms with Gasteiger partial charge in [-0.15, -0.1) is 0 Å². The van der Waals surface area contributed by atoms with Gasteiger partial charge in [-0.25, -0.2) is 4.52 Å². The van der Waals surface area contributed by atoms with Crippen LogP contribution in [0, 0.1) is 6.92 Å². The fourth-order valence-corrected chi connectivity index (χ4v) is 2.99. The molecule has 6 heteroatoms. The van der Waals surface area contributed by atoms with Crippen molar-refractivity contribution >= 4 is 11.2 Å². The third kappa shape index (κ3) is 2.51. The van der Waals surface area contributed by atoms with Crippen molar-refractivity contribution in [2.24, 2.45) is 0 Å². The number of fused-ring (bicyclic) bond motifs is 1. The van der Waals surface area contributed by atoms with E-state index in [-0.39, 0.29) is 5.56 Å². The molecule has 3 aromatic rings. The van der Waals surface area contributed by atoms with Crippen LogP contribution in [0.1, 0.15) is 5.56 Å². The molecule has 3 heterocycles. The summed E-state index contributed by atoms with van der Waals surface area (Å²) in [5.41, 5.74) is 4.26. The van der Waals surface area contributed by atoms with Gasteiger partial charge in [-0.1, -0.05) is 12.1 Å². The van der Waals surface area contributed by atoms with Crippen molar-refractivity contribution in [3.63, 3.8) is 0 Å². The third-order valence-electron chi connectivity index (χ3n) is 4.25. The van der Waals surface area contributed by atoms with Gasteiger partial charge in [0.25, 0.3) is 5.56 Å². The van der Waals surface area contributed by atoms with E-state index in [0.717, 1.165) is 43.1 Å². The molecule has 0 saturated carbocycles. The number of aryl methyl sites for hydroxylation is 1. The lowest BCUT2D eigenvalue weighted by atomic mass is 10.1. The van der Waals surface area contributed by atoms with Gasteiger partial charge in [0.15, 0.2) is 0 Å². The van der Waals surface area contributed by atoms with E-state index in [1.807, 2.05) is 25.3 Å². The Morgan fingerprint density at radius 3 is 2.65 bits per heavy atom. The van der Waals surface area contributed by atoms with Gasteiger partial charge < -0.3 is 14.6 Å². The fraction of sp³-hybridized carbons (Fsp3) is 0.294. The van der Waals surface area contributed by atoms with Crippen molar-refractivity contribution in [3.8, 4) is 11.3 Å². The Balaban J connectivity index is 1.69. The van der Waals surface area contributed by atoms with Gasteiger partial charge in [0.05, 0.1) is 31.3 Å². The number of ether oxygens (including phenoxy) is 1. The zero-order valence-electron chi connectivity index (χ0n) is 13.0. The second-order valence-corrected chi connectivity index (χ2v) is 5.76. The lowest BCUT2D eigenvalue weighted by molar-refractivity contribution is 0.122. The van der Waals surface area contributed by atoms with Crippen molar-refractivity contribution in [1.82, 2.24) is 14.6 Å². The van der Waals surface area contributed by atoms with Crippen LogP contribution in [0.3, 0.4) is 0 Å². The van der Waals surface area contributed by atoms with Gasteiger partial charge in [0.2, 0.25) is 0 Å². The number of nitrogens with zero attached hydrogens (tertiary/aromatic N) is 3. The number of nitrogens with one attached hydrogen (secondary N) is 1. The number of rotatable bonds is 2. The summed E-state index contributed by atoms with van der Waals surface area (Å²) in [6.45, 7) is 5.24. The van der Waals surface area contributed by atoms with E-state index in [2.05, 4.69) is 27.1 Å². The van der Waals surface area contributed by atoms with Crippen LogP contribution in [-0.2, 0) is 4.74 Å². The highest BCUT2D eigenvalue weighted by molar-refractivity contribution is 5.64. The number of H-pyrrole nitrogens is 1. The molecule has 118 valence electrons. The summed E-state index contributed by atoms with van der Waals surface area (Å²) in [6.07, 6.45) is 3.56. The molecule has 1 aliphatic heterocycles. The van der Waals surface area contributed by atoms with Crippen LogP contribution in [0.2, 0.25) is 0 Å². The largest absolute Gasteiger partial charge is 0.378 e. The second-order valence-electron chi connectivity index (χ2n) is 5.76. The first-order valence-corrected chi connectivity index (χ1v) is 7.73. The molecule has 0 spiro atoms. The zero-order valence-corrected chi connectivity index (χ0v) is 13.0. The van der Waals surface area contributed by atoms with E-state index in [1.165, 1.54) is 5.69 Å². The molecule has 4 rings (SSSR count). The van der Waals surface area contributed by atoms with Crippen LogP contribution in [0.15, 0.2) is 41.5 Å². The molecule has 1 saturated heterocycles. The quantitative estimate of drug-likeness (QED) is 0.784. The summed E-state index contributed by atoms with van der Waals surface area (Å²) in [5.74, 6) is 0. The van der Waals surface area contributed by atoms with Crippen molar-refractivity contribution in [2.45, 2.75) is 6.92 Å². The van der Waals surface area contributed by atoms with Crippen molar-refractivity contribution < 1.29 is 4.74 Å². The Labute approximate surface area is 133 Å². The predicted molar refractivity (Wildman–Crippen MR) is 89.0 cm³/mol. The van der Waals surface area contributed by atoms with E-state index in [9.17, 15) is 4.79 Å². The maximum atomic E-state index is 12.2. The van der Waals surface area contributed by atoms with E-state index in [1.54, 1.807) is 10.7 Å². The first kappa shape index (κ1) is 14.0. The second kappa shape index (κ2) is 5.55. The Bertz CT molecular complexity index is 889. The summed E-state index contributed by atoms with van der Waals surface area (Å²) in [5, 5.41) is 4.23. The highest BCUT2D eigenvalue weighted by Gasteiger charge is 2.12. The van der Waals surface area contributed by atoms with Gasteiger partial charge in [-0.05, 0) is 24.6 Å². The maximum Gasteiger partial charge on any atom is 0.274 e. The topological polar surface area (TPSA) is 62.6 Å². The number of benzene rings is 1. The van der Waals surface area contributed by atoms with Crippen LogP contribution < -0.4 is 10.5 Å². The Kier molecular flexibility index (Phi) is 3.38. The third-order valence-corrected chi connectivity index (χ3v) is 4.25. The normalized spacial score (nSPS) is 15.3. The van der Waals surface area contributed by atoms with Gasteiger partial charge >= 0.3 is 0 Å². The van der Waals surface area contributed by atoms with E-state index < -0.39 is 0 Å². The maximum absolute atomic E-state index is 12.2. The summed E-state index contributed by atoms with van der Waals surface area (Å²) < 4.78 is 7.02. The predicted octanol–water partition coefficient (Wildman–Crippen LogP) is 1.83. The molecule has 2 aromatic heterocycles. The number of anilines is 1. The molecule has 1 aliphatic rings. The number of morpholine rings is 1. The zero-order chi connectivity index (χ0) is 15.8. The van der Waals surface area contributed by atoms with Crippen molar-refractivity contribution in [1.29, 1.82) is 0 Å². The number of hydrogen-bond acceptors (Lipinski definition) is 4. The van der Waals surface area contributed by atoms with Crippen LogP contribution >= 0.6 is 0 Å².